The molecule has 2 N–H and O–H groups in total. The van der Waals surface area contributed by atoms with Crippen LogP contribution in [0.25, 0.3) is 33.4 Å². The Kier molecular flexibility index (Phi) is 5.70. The number of pyridine rings is 1. The summed E-state index contributed by atoms with van der Waals surface area (Å²) >= 11 is 6.69. The van der Waals surface area contributed by atoms with Crippen LogP contribution in [-0.4, -0.2) is 38.6 Å². The molecule has 162 valence electrons. The number of aromatic hydroxyl groups is 1. The fraction of sp³-hybridized carbons (Fsp3) is 0.217. The molecule has 3 heterocycles. The Morgan fingerprint density at radius 3 is 2.78 bits per heavy atom. The summed E-state index contributed by atoms with van der Waals surface area (Å²) in [6.45, 7) is 4.40. The molecule has 0 aliphatic heterocycles. The Balaban J connectivity index is 1.91. The van der Waals surface area contributed by atoms with Gasteiger partial charge in [0.2, 0.25) is 0 Å². The second-order valence-electron chi connectivity index (χ2n) is 7.40. The molecule has 0 aliphatic carbocycles. The lowest BCUT2D eigenvalue weighted by atomic mass is 9.92. The average Bonchev–Trinajstić information content (AvgIpc) is 3.12. The first-order valence-corrected chi connectivity index (χ1v) is 10.2. The molecule has 8 nitrogen and oxygen atoms in total. The molecule has 0 fully saturated rings. The Bertz CT molecular complexity index is 1450. The number of H-pyrrole nitrogens is 1. The van der Waals surface area contributed by atoms with E-state index in [0.717, 1.165) is 11.1 Å². The van der Waals surface area contributed by atoms with Gasteiger partial charge in [-0.1, -0.05) is 17.7 Å². The molecule has 4 aromatic rings. The maximum atomic E-state index is 12.4. The van der Waals surface area contributed by atoms with Crippen LogP contribution in [0.15, 0.2) is 35.4 Å². The quantitative estimate of drug-likeness (QED) is 0.476. The highest BCUT2D eigenvalue weighted by Gasteiger charge is 2.22. The number of aromatic nitrogens is 4. The number of phenols is 1. The number of hydrogen-bond acceptors (Lipinski definition) is 6. The van der Waals surface area contributed by atoms with Gasteiger partial charge in [-0.15, -0.1) is 0 Å². The van der Waals surface area contributed by atoms with Crippen molar-refractivity contribution in [2.24, 2.45) is 0 Å². The topological polar surface area (TPSA) is 117 Å². The van der Waals surface area contributed by atoms with Crippen LogP contribution in [0.4, 0.5) is 0 Å². The lowest BCUT2D eigenvalue weighted by molar-refractivity contribution is 0.182. The van der Waals surface area contributed by atoms with Gasteiger partial charge in [0.15, 0.2) is 0 Å². The number of aryl methyl sites for hydroxylation is 1. The summed E-state index contributed by atoms with van der Waals surface area (Å²) in [5, 5.41) is 25.1. The van der Waals surface area contributed by atoms with E-state index < -0.39 is 0 Å². The summed E-state index contributed by atoms with van der Waals surface area (Å²) in [5.41, 5.74) is 4.26. The minimum atomic E-state index is -0.297. The molecule has 3 aromatic heterocycles. The van der Waals surface area contributed by atoms with Crippen LogP contribution in [0.5, 0.6) is 5.75 Å². The summed E-state index contributed by atoms with van der Waals surface area (Å²) in [6, 6.07) is 7.07. The van der Waals surface area contributed by atoms with Gasteiger partial charge in [-0.2, -0.15) is 10.4 Å². The maximum Gasteiger partial charge on any atom is 0.267 e. The average molecular weight is 450 g/mol. The molecule has 0 radical (unpaired) electrons. The van der Waals surface area contributed by atoms with Crippen LogP contribution in [0, 0.1) is 25.2 Å². The van der Waals surface area contributed by atoms with E-state index in [9.17, 15) is 15.2 Å². The molecule has 32 heavy (non-hydrogen) atoms. The normalized spacial score (nSPS) is 11.1. The summed E-state index contributed by atoms with van der Waals surface area (Å²) < 4.78 is 6.29. The predicted octanol–water partition coefficient (Wildman–Crippen LogP) is 3.95. The van der Waals surface area contributed by atoms with Crippen LogP contribution in [0.2, 0.25) is 5.02 Å². The van der Waals surface area contributed by atoms with Crippen molar-refractivity contribution < 1.29 is 9.84 Å². The number of phenolic OH excluding ortho intramolecular Hbond substituents is 1. The first-order chi connectivity index (χ1) is 15.4. The van der Waals surface area contributed by atoms with Gasteiger partial charge in [-0.05, 0) is 36.6 Å². The Morgan fingerprint density at radius 2 is 2.09 bits per heavy atom. The van der Waals surface area contributed by atoms with Crippen LogP contribution in [0.3, 0.4) is 0 Å². The highest BCUT2D eigenvalue weighted by Crippen LogP contribution is 2.40. The molecule has 0 bridgehead atoms. The largest absolute Gasteiger partial charge is 0.508 e. The Hall–Kier alpha value is -3.67. The number of halogens is 1. The highest BCUT2D eigenvalue weighted by atomic mass is 35.5. The van der Waals surface area contributed by atoms with Gasteiger partial charge in [-0.25, -0.2) is 9.67 Å². The fourth-order valence-corrected chi connectivity index (χ4v) is 4.13. The third-order valence-corrected chi connectivity index (χ3v) is 5.83. The zero-order chi connectivity index (χ0) is 23.0. The number of nitrogens with zero attached hydrogens (tertiary/aromatic N) is 4. The summed E-state index contributed by atoms with van der Waals surface area (Å²) in [4.78, 5) is 20.0. The van der Waals surface area contributed by atoms with Crippen LogP contribution in [-0.2, 0) is 11.3 Å². The number of benzene rings is 1. The maximum absolute atomic E-state index is 12.4. The number of fused-ring (bicyclic) bond motifs is 1. The number of nitriles is 1. The molecule has 0 spiro atoms. The van der Waals surface area contributed by atoms with Gasteiger partial charge < -0.3 is 14.8 Å². The summed E-state index contributed by atoms with van der Waals surface area (Å²) in [5.74, 6) is 0.135. The Morgan fingerprint density at radius 1 is 1.31 bits per heavy atom. The minimum Gasteiger partial charge on any atom is -0.508 e. The summed E-state index contributed by atoms with van der Waals surface area (Å²) in [7, 11) is 1.55. The second kappa shape index (κ2) is 8.46. The van der Waals surface area contributed by atoms with Crippen LogP contribution in [0.1, 0.15) is 16.7 Å². The number of aromatic amines is 1. The molecule has 0 unspecified atom stereocenters. The fourth-order valence-electron chi connectivity index (χ4n) is 3.79. The molecule has 1 aromatic carbocycles. The van der Waals surface area contributed by atoms with Gasteiger partial charge in [0.1, 0.15) is 17.5 Å². The first kappa shape index (κ1) is 21.6. The SMILES string of the molecule is COCCn1ncc(-c2[nH]c3ncc(-c4c(C)ccc(O)c4C)c(C#N)c3c2Cl)cc1=O. The number of ether oxygens (including phenoxy) is 1. The van der Waals surface area contributed by atoms with E-state index in [1.54, 1.807) is 32.4 Å². The van der Waals surface area contributed by atoms with Crippen LogP contribution >= 0.6 is 11.6 Å². The molecule has 0 aliphatic rings. The molecule has 0 saturated carbocycles. The van der Waals surface area contributed by atoms with Crippen molar-refractivity contribution in [1.29, 1.82) is 5.26 Å². The van der Waals surface area contributed by atoms with E-state index in [0.29, 0.717) is 52.1 Å². The van der Waals surface area contributed by atoms with Crippen molar-refractivity contribution in [2.75, 3.05) is 13.7 Å². The van der Waals surface area contributed by atoms with E-state index in [-0.39, 0.29) is 16.3 Å². The third kappa shape index (κ3) is 3.51. The standard InChI is InChI=1S/C23H20ClN5O3/c1-12-4-5-17(30)13(2)19(12)16-11-26-23-20(15(16)9-25)21(24)22(28-23)14-8-18(31)29(27-10-14)6-7-32-3/h4-5,8,10-11,30H,6-7H2,1-3H3,(H,26,28). The van der Waals surface area contributed by atoms with E-state index in [4.69, 9.17) is 16.3 Å². The number of rotatable bonds is 5. The van der Waals surface area contributed by atoms with Crippen molar-refractivity contribution in [2.45, 2.75) is 20.4 Å². The first-order valence-electron chi connectivity index (χ1n) is 9.83. The van der Waals surface area contributed by atoms with Gasteiger partial charge >= 0.3 is 0 Å². The van der Waals surface area contributed by atoms with E-state index in [1.807, 2.05) is 6.92 Å². The molecule has 0 amide bonds. The molecule has 9 heteroatoms. The third-order valence-electron chi connectivity index (χ3n) is 5.45. The lowest BCUT2D eigenvalue weighted by Crippen LogP contribution is -2.24. The molecule has 0 atom stereocenters. The number of nitrogens with one attached hydrogen (secondary N) is 1. The predicted molar refractivity (Wildman–Crippen MR) is 122 cm³/mol. The van der Waals surface area contributed by atoms with E-state index >= 15 is 0 Å². The van der Waals surface area contributed by atoms with Crippen molar-refractivity contribution in [3.8, 4) is 34.2 Å². The second-order valence-corrected chi connectivity index (χ2v) is 7.77. The van der Waals surface area contributed by atoms with Crippen LogP contribution < -0.4 is 5.56 Å². The summed E-state index contributed by atoms with van der Waals surface area (Å²) in [6.07, 6.45) is 3.12. The molecule has 4 rings (SSSR count). The number of methoxy groups -OCH3 is 1. The van der Waals surface area contributed by atoms with Crippen molar-refractivity contribution >= 4 is 22.6 Å². The smallest absolute Gasteiger partial charge is 0.267 e. The Labute approximate surface area is 188 Å². The molecule has 0 saturated heterocycles. The van der Waals surface area contributed by atoms with Gasteiger partial charge in [0.25, 0.3) is 5.56 Å². The van der Waals surface area contributed by atoms with Crippen molar-refractivity contribution in [1.82, 2.24) is 19.7 Å². The number of hydrogen-bond donors (Lipinski definition) is 2. The van der Waals surface area contributed by atoms with Gasteiger partial charge in [-0.3, -0.25) is 4.79 Å². The monoisotopic (exact) mass is 449 g/mol. The van der Waals surface area contributed by atoms with E-state index in [1.165, 1.54) is 16.9 Å². The zero-order valence-corrected chi connectivity index (χ0v) is 18.5. The molecular weight excluding hydrogens is 430 g/mol. The van der Waals surface area contributed by atoms with Gasteiger partial charge in [0, 0.05) is 30.5 Å². The van der Waals surface area contributed by atoms with Crippen molar-refractivity contribution in [3.63, 3.8) is 0 Å². The lowest BCUT2D eigenvalue weighted by Gasteiger charge is -2.13. The zero-order valence-electron chi connectivity index (χ0n) is 17.7. The molecular formula is C23H20ClN5O3. The van der Waals surface area contributed by atoms with Crippen molar-refractivity contribution in [3.05, 3.63) is 62.7 Å². The minimum absolute atomic E-state index is 0.135. The van der Waals surface area contributed by atoms with E-state index in [2.05, 4.69) is 21.1 Å². The highest BCUT2D eigenvalue weighted by molar-refractivity contribution is 6.38. The van der Waals surface area contributed by atoms with Gasteiger partial charge in [0.05, 0.1) is 41.0 Å².